The molecule has 1 aliphatic heterocycles. The van der Waals surface area contributed by atoms with Crippen LogP contribution in [0.3, 0.4) is 0 Å². The number of aliphatic carboxylic acids is 1. The highest BCUT2D eigenvalue weighted by molar-refractivity contribution is 7.12. The van der Waals surface area contributed by atoms with Crippen LogP contribution in [0, 0.1) is 0 Å². The predicted molar refractivity (Wildman–Crippen MR) is 79.0 cm³/mol. The highest BCUT2D eigenvalue weighted by atomic mass is 32.1. The highest BCUT2D eigenvalue weighted by Gasteiger charge is 2.29. The molecular weight excluding hydrogens is 276 g/mol. The van der Waals surface area contributed by atoms with Gasteiger partial charge in [0.05, 0.1) is 4.88 Å². The summed E-state index contributed by atoms with van der Waals surface area (Å²) in [7, 11) is 4.04. The maximum Gasteiger partial charge on any atom is 0.328 e. The Labute approximate surface area is 122 Å². The molecule has 1 aromatic rings. The lowest BCUT2D eigenvalue weighted by Gasteiger charge is -2.20. The molecule has 0 radical (unpaired) electrons. The van der Waals surface area contributed by atoms with Crippen molar-refractivity contribution in [2.24, 2.45) is 0 Å². The Morgan fingerprint density at radius 1 is 1.50 bits per heavy atom. The van der Waals surface area contributed by atoms with E-state index in [-0.39, 0.29) is 5.91 Å². The molecule has 0 bridgehead atoms. The molecule has 1 unspecified atom stereocenters. The van der Waals surface area contributed by atoms with Crippen LogP contribution < -0.4 is 0 Å². The van der Waals surface area contributed by atoms with Gasteiger partial charge >= 0.3 is 5.97 Å². The Morgan fingerprint density at radius 2 is 2.25 bits per heavy atom. The molecule has 2 rings (SSSR count). The van der Waals surface area contributed by atoms with Crippen LogP contribution in [0.5, 0.6) is 0 Å². The average Bonchev–Trinajstić information content (AvgIpc) is 3.04. The van der Waals surface area contributed by atoms with Crippen LogP contribution in [0.2, 0.25) is 0 Å². The molecule has 0 spiro atoms. The van der Waals surface area contributed by atoms with Gasteiger partial charge in [-0.25, -0.2) is 4.79 Å². The summed E-state index contributed by atoms with van der Waals surface area (Å²) in [5.41, 5.74) is 0.677. The molecule has 2 heterocycles. The molecule has 1 aliphatic rings. The molecule has 6 heteroatoms. The molecule has 1 amide bonds. The first kappa shape index (κ1) is 14.7. The Morgan fingerprint density at radius 3 is 2.85 bits per heavy atom. The summed E-state index contributed by atoms with van der Waals surface area (Å²) in [6.45, 7) is 1.48. The topological polar surface area (TPSA) is 60.9 Å². The van der Waals surface area contributed by atoms with Gasteiger partial charge in [-0.1, -0.05) is 0 Å². The van der Waals surface area contributed by atoms with Crippen LogP contribution in [0.25, 0.3) is 6.08 Å². The van der Waals surface area contributed by atoms with Crippen LogP contribution in [-0.2, 0) is 4.79 Å². The molecule has 1 N–H and O–H groups in total. The summed E-state index contributed by atoms with van der Waals surface area (Å²) < 4.78 is 0. The van der Waals surface area contributed by atoms with Crippen molar-refractivity contribution in [3.05, 3.63) is 28.0 Å². The molecule has 1 aromatic heterocycles. The van der Waals surface area contributed by atoms with E-state index >= 15 is 0 Å². The minimum Gasteiger partial charge on any atom is -0.478 e. The zero-order valence-electron chi connectivity index (χ0n) is 11.6. The van der Waals surface area contributed by atoms with E-state index in [4.69, 9.17) is 5.11 Å². The van der Waals surface area contributed by atoms with Crippen LogP contribution in [0.4, 0.5) is 0 Å². The molecule has 1 saturated heterocycles. The van der Waals surface area contributed by atoms with Gasteiger partial charge < -0.3 is 14.9 Å². The number of nitrogens with zero attached hydrogens (tertiary/aromatic N) is 2. The molecule has 20 heavy (non-hydrogen) atoms. The molecule has 1 atom stereocenters. The first-order valence-corrected chi connectivity index (χ1v) is 7.31. The van der Waals surface area contributed by atoms with Crippen molar-refractivity contribution >= 4 is 29.3 Å². The minimum absolute atomic E-state index is 0.00520. The minimum atomic E-state index is -1.01. The van der Waals surface area contributed by atoms with Gasteiger partial charge in [0.1, 0.15) is 0 Å². The van der Waals surface area contributed by atoms with Crippen molar-refractivity contribution < 1.29 is 14.7 Å². The standard InChI is InChI=1S/C14H18N2O3S/c1-15(2)11-5-7-16(9-11)14(19)13-10(6-8-20-13)3-4-12(17)18/h3-4,6,8,11H,5,7,9H2,1-2H3,(H,17,18). The third kappa shape index (κ3) is 3.26. The smallest absolute Gasteiger partial charge is 0.328 e. The maximum atomic E-state index is 12.5. The van der Waals surface area contributed by atoms with E-state index in [9.17, 15) is 9.59 Å². The SMILES string of the molecule is CN(C)C1CCN(C(=O)c2sccc2C=CC(=O)O)C1. The monoisotopic (exact) mass is 294 g/mol. The van der Waals surface area contributed by atoms with E-state index in [0.717, 1.165) is 25.6 Å². The zero-order valence-corrected chi connectivity index (χ0v) is 12.4. The number of amides is 1. The number of carbonyl (C=O) groups is 2. The molecule has 0 saturated carbocycles. The second-order valence-corrected chi connectivity index (χ2v) is 5.95. The van der Waals surface area contributed by atoms with E-state index in [1.54, 1.807) is 6.07 Å². The summed E-state index contributed by atoms with van der Waals surface area (Å²) in [6.07, 6.45) is 3.52. The van der Waals surface area contributed by atoms with Crippen molar-refractivity contribution in [3.8, 4) is 0 Å². The number of carboxylic acids is 1. The summed E-state index contributed by atoms with van der Waals surface area (Å²) in [5, 5.41) is 10.5. The van der Waals surface area contributed by atoms with E-state index in [2.05, 4.69) is 4.90 Å². The third-order valence-corrected chi connectivity index (χ3v) is 4.39. The number of likely N-dealkylation sites (tertiary alicyclic amines) is 1. The first-order chi connectivity index (χ1) is 9.49. The summed E-state index contributed by atoms with van der Waals surface area (Å²) in [6, 6.07) is 2.17. The Kier molecular flexibility index (Phi) is 4.57. The fourth-order valence-corrected chi connectivity index (χ4v) is 3.13. The predicted octanol–water partition coefficient (Wildman–Crippen LogP) is 1.62. The van der Waals surface area contributed by atoms with Crippen LogP contribution in [0.15, 0.2) is 17.5 Å². The molecule has 0 aromatic carbocycles. The number of likely N-dealkylation sites (N-methyl/N-ethyl adjacent to an activating group) is 1. The molecule has 108 valence electrons. The van der Waals surface area contributed by atoms with E-state index in [0.29, 0.717) is 16.5 Å². The lowest BCUT2D eigenvalue weighted by Crippen LogP contribution is -2.34. The van der Waals surface area contributed by atoms with Gasteiger partial charge in [0.15, 0.2) is 0 Å². The largest absolute Gasteiger partial charge is 0.478 e. The van der Waals surface area contributed by atoms with Crippen molar-refractivity contribution in [1.82, 2.24) is 9.80 Å². The van der Waals surface area contributed by atoms with Crippen LogP contribution >= 0.6 is 11.3 Å². The number of hydrogen-bond acceptors (Lipinski definition) is 4. The molecule has 0 aliphatic carbocycles. The Balaban J connectivity index is 2.11. The van der Waals surface area contributed by atoms with Crippen molar-refractivity contribution in [1.29, 1.82) is 0 Å². The third-order valence-electron chi connectivity index (χ3n) is 3.48. The Hall–Kier alpha value is -1.66. The fourth-order valence-electron chi connectivity index (χ4n) is 2.28. The number of rotatable bonds is 4. The lowest BCUT2D eigenvalue weighted by atomic mass is 10.2. The number of hydrogen-bond donors (Lipinski definition) is 1. The van der Waals surface area contributed by atoms with Crippen LogP contribution in [-0.4, -0.2) is 60.0 Å². The van der Waals surface area contributed by atoms with Gasteiger partial charge in [0.25, 0.3) is 5.91 Å². The summed E-state index contributed by atoms with van der Waals surface area (Å²) in [4.78, 5) is 27.6. The average molecular weight is 294 g/mol. The second-order valence-electron chi connectivity index (χ2n) is 5.03. The first-order valence-electron chi connectivity index (χ1n) is 6.43. The normalized spacial score (nSPS) is 19.1. The summed E-state index contributed by atoms with van der Waals surface area (Å²) >= 11 is 1.36. The molecular formula is C14H18N2O3S. The van der Waals surface area contributed by atoms with Crippen molar-refractivity contribution in [2.75, 3.05) is 27.2 Å². The lowest BCUT2D eigenvalue weighted by molar-refractivity contribution is -0.131. The fraction of sp³-hybridized carbons (Fsp3) is 0.429. The van der Waals surface area contributed by atoms with Crippen molar-refractivity contribution in [3.63, 3.8) is 0 Å². The van der Waals surface area contributed by atoms with E-state index in [1.807, 2.05) is 24.4 Å². The zero-order chi connectivity index (χ0) is 14.7. The number of carbonyl (C=O) groups excluding carboxylic acids is 1. The van der Waals surface area contributed by atoms with E-state index < -0.39 is 5.97 Å². The molecule has 1 fully saturated rings. The Bertz CT molecular complexity index is 536. The maximum absolute atomic E-state index is 12.5. The quantitative estimate of drug-likeness (QED) is 0.857. The van der Waals surface area contributed by atoms with E-state index in [1.165, 1.54) is 17.4 Å². The molecule has 5 nitrogen and oxygen atoms in total. The van der Waals surface area contributed by atoms with Crippen LogP contribution in [0.1, 0.15) is 21.7 Å². The number of thiophene rings is 1. The number of carboxylic acid groups (broad SMARTS) is 1. The second kappa shape index (κ2) is 6.19. The van der Waals surface area contributed by atoms with Gasteiger partial charge in [-0.15, -0.1) is 11.3 Å². The van der Waals surface area contributed by atoms with Gasteiger partial charge in [0.2, 0.25) is 0 Å². The van der Waals surface area contributed by atoms with Gasteiger partial charge in [-0.2, -0.15) is 0 Å². The van der Waals surface area contributed by atoms with Crippen molar-refractivity contribution in [2.45, 2.75) is 12.5 Å². The highest BCUT2D eigenvalue weighted by Crippen LogP contribution is 2.23. The summed E-state index contributed by atoms with van der Waals surface area (Å²) in [5.74, 6) is -1.02. The van der Waals surface area contributed by atoms with Gasteiger partial charge in [0, 0.05) is 25.2 Å². The van der Waals surface area contributed by atoms with Gasteiger partial charge in [-0.05, 0) is 43.6 Å². The van der Waals surface area contributed by atoms with Gasteiger partial charge in [-0.3, -0.25) is 4.79 Å².